The summed E-state index contributed by atoms with van der Waals surface area (Å²) in [6.07, 6.45) is 0.963. The molecule has 104 valence electrons. The Bertz CT molecular complexity index is 606. The van der Waals surface area contributed by atoms with E-state index >= 15 is 0 Å². The van der Waals surface area contributed by atoms with Crippen molar-refractivity contribution in [3.05, 3.63) is 57.2 Å². The van der Waals surface area contributed by atoms with E-state index in [1.807, 2.05) is 24.3 Å². The summed E-state index contributed by atoms with van der Waals surface area (Å²) in [5.41, 5.74) is 1.72. The van der Waals surface area contributed by atoms with Gasteiger partial charge in [-0.05, 0) is 64.9 Å². The number of aryl methyl sites for hydroxylation is 1. The standard InChI is InChI=1S/C16H15IO3/c1-3-11-4-7-13(8-5-11)20-16(18)12-6-9-15(19-2)14(17)10-12/h4-10H,3H2,1-2H3. The number of benzene rings is 2. The van der Waals surface area contributed by atoms with Crippen molar-refractivity contribution in [3.8, 4) is 11.5 Å². The topological polar surface area (TPSA) is 35.5 Å². The van der Waals surface area contributed by atoms with Crippen LogP contribution in [0, 0.1) is 3.57 Å². The molecule has 0 unspecified atom stereocenters. The quantitative estimate of drug-likeness (QED) is 0.454. The van der Waals surface area contributed by atoms with E-state index in [1.54, 1.807) is 25.3 Å². The maximum Gasteiger partial charge on any atom is 0.343 e. The van der Waals surface area contributed by atoms with Crippen molar-refractivity contribution in [1.29, 1.82) is 0 Å². The smallest absolute Gasteiger partial charge is 0.343 e. The molecule has 0 saturated heterocycles. The van der Waals surface area contributed by atoms with Gasteiger partial charge >= 0.3 is 5.97 Å². The minimum absolute atomic E-state index is 0.366. The van der Waals surface area contributed by atoms with Crippen LogP contribution in [-0.4, -0.2) is 13.1 Å². The number of ether oxygens (including phenoxy) is 2. The normalized spacial score (nSPS) is 10.2. The molecule has 0 fully saturated rings. The summed E-state index contributed by atoms with van der Waals surface area (Å²) in [4.78, 5) is 12.1. The van der Waals surface area contributed by atoms with E-state index in [0.717, 1.165) is 15.7 Å². The largest absolute Gasteiger partial charge is 0.496 e. The number of carbonyl (C=O) groups is 1. The number of esters is 1. The van der Waals surface area contributed by atoms with Gasteiger partial charge in [0.25, 0.3) is 0 Å². The zero-order chi connectivity index (χ0) is 14.5. The minimum Gasteiger partial charge on any atom is -0.496 e. The highest BCUT2D eigenvalue weighted by Crippen LogP contribution is 2.22. The van der Waals surface area contributed by atoms with Crippen molar-refractivity contribution < 1.29 is 14.3 Å². The average molecular weight is 382 g/mol. The predicted octanol–water partition coefficient (Wildman–Crippen LogP) is 4.08. The van der Waals surface area contributed by atoms with Crippen LogP contribution >= 0.6 is 22.6 Å². The molecule has 0 amide bonds. The molecule has 0 radical (unpaired) electrons. The third-order valence-electron chi connectivity index (χ3n) is 2.93. The molecule has 0 aliphatic rings. The van der Waals surface area contributed by atoms with Gasteiger partial charge in [0.2, 0.25) is 0 Å². The van der Waals surface area contributed by atoms with E-state index in [0.29, 0.717) is 11.3 Å². The van der Waals surface area contributed by atoms with Crippen molar-refractivity contribution in [1.82, 2.24) is 0 Å². The predicted molar refractivity (Wildman–Crippen MR) is 86.5 cm³/mol. The van der Waals surface area contributed by atoms with Gasteiger partial charge in [-0.1, -0.05) is 19.1 Å². The first-order valence-corrected chi connectivity index (χ1v) is 7.36. The highest BCUT2D eigenvalue weighted by Gasteiger charge is 2.11. The molecule has 4 heteroatoms. The Morgan fingerprint density at radius 1 is 1.15 bits per heavy atom. The van der Waals surface area contributed by atoms with Crippen molar-refractivity contribution in [2.45, 2.75) is 13.3 Å². The maximum absolute atomic E-state index is 12.1. The molecule has 0 spiro atoms. The van der Waals surface area contributed by atoms with Crippen LogP contribution in [0.2, 0.25) is 0 Å². The van der Waals surface area contributed by atoms with Crippen LogP contribution < -0.4 is 9.47 Å². The van der Waals surface area contributed by atoms with Crippen LogP contribution in [0.4, 0.5) is 0 Å². The molecule has 0 aliphatic carbocycles. The fraction of sp³-hybridized carbons (Fsp3) is 0.188. The van der Waals surface area contributed by atoms with Crippen molar-refractivity contribution in [3.63, 3.8) is 0 Å². The SMILES string of the molecule is CCc1ccc(OC(=O)c2ccc(OC)c(I)c2)cc1. The summed E-state index contributed by atoms with van der Waals surface area (Å²) in [5.74, 6) is 0.933. The van der Waals surface area contributed by atoms with Gasteiger partial charge in [-0.3, -0.25) is 0 Å². The minimum atomic E-state index is -0.366. The second-order valence-corrected chi connectivity index (χ2v) is 5.40. The molecule has 0 heterocycles. The van der Waals surface area contributed by atoms with E-state index in [-0.39, 0.29) is 5.97 Å². The molecule has 2 aromatic rings. The Morgan fingerprint density at radius 2 is 1.85 bits per heavy atom. The van der Waals surface area contributed by atoms with Gasteiger partial charge in [0.1, 0.15) is 11.5 Å². The summed E-state index contributed by atoms with van der Waals surface area (Å²) in [5, 5.41) is 0. The van der Waals surface area contributed by atoms with Crippen LogP contribution in [0.25, 0.3) is 0 Å². The average Bonchev–Trinajstić information content (AvgIpc) is 2.48. The van der Waals surface area contributed by atoms with E-state index < -0.39 is 0 Å². The molecular formula is C16H15IO3. The number of carbonyl (C=O) groups excluding carboxylic acids is 1. The Morgan fingerprint density at radius 3 is 2.40 bits per heavy atom. The molecule has 0 N–H and O–H groups in total. The van der Waals surface area contributed by atoms with E-state index in [1.165, 1.54) is 5.56 Å². The second-order valence-electron chi connectivity index (χ2n) is 4.24. The number of hydrogen-bond donors (Lipinski definition) is 0. The lowest BCUT2D eigenvalue weighted by Crippen LogP contribution is -2.08. The summed E-state index contributed by atoms with van der Waals surface area (Å²) < 4.78 is 11.4. The Hall–Kier alpha value is -1.56. The van der Waals surface area contributed by atoms with Crippen molar-refractivity contribution in [2.24, 2.45) is 0 Å². The number of hydrogen-bond acceptors (Lipinski definition) is 3. The zero-order valence-electron chi connectivity index (χ0n) is 11.4. The van der Waals surface area contributed by atoms with Crippen molar-refractivity contribution in [2.75, 3.05) is 7.11 Å². The molecular weight excluding hydrogens is 367 g/mol. The first kappa shape index (κ1) is 14.8. The van der Waals surface area contributed by atoms with Crippen LogP contribution in [0.1, 0.15) is 22.8 Å². The van der Waals surface area contributed by atoms with Gasteiger partial charge in [0.15, 0.2) is 0 Å². The lowest BCUT2D eigenvalue weighted by Gasteiger charge is -2.07. The first-order valence-electron chi connectivity index (χ1n) is 6.28. The maximum atomic E-state index is 12.1. The van der Waals surface area contributed by atoms with Gasteiger partial charge in [0, 0.05) is 0 Å². The van der Waals surface area contributed by atoms with Crippen molar-refractivity contribution >= 4 is 28.6 Å². The van der Waals surface area contributed by atoms with Gasteiger partial charge in [-0.25, -0.2) is 4.79 Å². The van der Waals surface area contributed by atoms with Crippen LogP contribution in [-0.2, 0) is 6.42 Å². The molecule has 0 aliphatic heterocycles. The third-order valence-corrected chi connectivity index (χ3v) is 3.77. The molecule has 0 saturated carbocycles. The number of halogens is 1. The van der Waals surface area contributed by atoms with Gasteiger partial charge < -0.3 is 9.47 Å². The molecule has 0 aromatic heterocycles. The summed E-state index contributed by atoms with van der Waals surface area (Å²) in [6, 6.07) is 12.8. The molecule has 2 aromatic carbocycles. The van der Waals surface area contributed by atoms with E-state index in [2.05, 4.69) is 29.5 Å². The molecule has 3 nitrogen and oxygen atoms in total. The third kappa shape index (κ3) is 3.50. The van der Waals surface area contributed by atoms with E-state index in [4.69, 9.17) is 9.47 Å². The fourth-order valence-electron chi connectivity index (χ4n) is 1.75. The highest BCUT2D eigenvalue weighted by atomic mass is 127. The Balaban J connectivity index is 2.12. The van der Waals surface area contributed by atoms with Crippen LogP contribution in [0.5, 0.6) is 11.5 Å². The molecule has 2 rings (SSSR count). The Labute approximate surface area is 132 Å². The second kappa shape index (κ2) is 6.74. The van der Waals surface area contributed by atoms with Gasteiger partial charge in [0.05, 0.1) is 16.2 Å². The first-order chi connectivity index (χ1) is 9.63. The van der Waals surface area contributed by atoms with Gasteiger partial charge in [-0.15, -0.1) is 0 Å². The number of rotatable bonds is 4. The zero-order valence-corrected chi connectivity index (χ0v) is 13.5. The van der Waals surface area contributed by atoms with E-state index in [9.17, 15) is 4.79 Å². The molecule has 0 bridgehead atoms. The molecule has 0 atom stereocenters. The van der Waals surface area contributed by atoms with Crippen LogP contribution in [0.15, 0.2) is 42.5 Å². The van der Waals surface area contributed by atoms with Crippen LogP contribution in [0.3, 0.4) is 0 Å². The highest BCUT2D eigenvalue weighted by molar-refractivity contribution is 14.1. The van der Waals surface area contributed by atoms with Gasteiger partial charge in [-0.2, -0.15) is 0 Å². The summed E-state index contributed by atoms with van der Waals surface area (Å²) in [6.45, 7) is 2.08. The number of methoxy groups -OCH3 is 1. The monoisotopic (exact) mass is 382 g/mol. The lowest BCUT2D eigenvalue weighted by atomic mass is 10.2. The summed E-state index contributed by atoms with van der Waals surface area (Å²) >= 11 is 2.13. The lowest BCUT2D eigenvalue weighted by molar-refractivity contribution is 0.0734. The summed E-state index contributed by atoms with van der Waals surface area (Å²) in [7, 11) is 1.60. The fourth-order valence-corrected chi connectivity index (χ4v) is 2.49. The Kier molecular flexibility index (Phi) is 5.00. The molecule has 20 heavy (non-hydrogen) atoms.